The van der Waals surface area contributed by atoms with Gasteiger partial charge in [-0.1, -0.05) is 18.2 Å². The second kappa shape index (κ2) is 7.43. The molecule has 1 aromatic rings. The van der Waals surface area contributed by atoms with Crippen LogP contribution in [0.1, 0.15) is 15.9 Å². The van der Waals surface area contributed by atoms with Gasteiger partial charge in [0.25, 0.3) is 0 Å². The van der Waals surface area contributed by atoms with Gasteiger partial charge in [0.15, 0.2) is 0 Å². The Bertz CT molecular complexity index is 576. The molecule has 1 aliphatic heterocycles. The van der Waals surface area contributed by atoms with Crippen LogP contribution >= 0.6 is 0 Å². The Labute approximate surface area is 135 Å². The van der Waals surface area contributed by atoms with E-state index in [1.54, 1.807) is 43.3 Å². The van der Waals surface area contributed by atoms with Crippen molar-refractivity contribution < 1.29 is 19.8 Å². The number of nitrogens with zero attached hydrogens (tertiary/aromatic N) is 3. The average Bonchev–Trinajstić information content (AvgIpc) is 2.68. The molecule has 0 bridgehead atoms. The summed E-state index contributed by atoms with van der Waals surface area (Å²) in [5.41, 5.74) is 0.979. The summed E-state index contributed by atoms with van der Waals surface area (Å²) in [6.45, 7) is 2.22. The van der Waals surface area contributed by atoms with Crippen molar-refractivity contribution in [1.29, 1.82) is 0 Å². The van der Waals surface area contributed by atoms with Crippen LogP contribution in [0.5, 0.6) is 0 Å². The minimum absolute atomic E-state index is 0.128. The topological polar surface area (TPSA) is 84.3 Å². The number of carbonyl (C=O) groups excluding carboxylic acids is 1. The van der Waals surface area contributed by atoms with Crippen molar-refractivity contribution >= 4 is 12.0 Å². The summed E-state index contributed by atoms with van der Waals surface area (Å²) in [6, 6.07) is 6.73. The highest BCUT2D eigenvalue weighted by Gasteiger charge is 2.25. The summed E-state index contributed by atoms with van der Waals surface area (Å²) in [6.07, 6.45) is -0.654. The number of carboxylic acids is 1. The molecule has 7 heteroatoms. The molecule has 0 radical (unpaired) electrons. The molecule has 2 N–H and O–H groups in total. The number of aliphatic hydroxyl groups excluding tert-OH is 1. The van der Waals surface area contributed by atoms with Crippen LogP contribution in [0, 0.1) is 0 Å². The van der Waals surface area contributed by atoms with Crippen molar-refractivity contribution in [2.45, 2.75) is 12.6 Å². The zero-order valence-electron chi connectivity index (χ0n) is 13.5. The van der Waals surface area contributed by atoms with Gasteiger partial charge in [-0.3, -0.25) is 4.90 Å². The Balaban J connectivity index is 2.08. The first-order valence-electron chi connectivity index (χ1n) is 7.56. The molecular formula is C16H23N3O4. The van der Waals surface area contributed by atoms with Gasteiger partial charge in [-0.2, -0.15) is 0 Å². The van der Waals surface area contributed by atoms with Gasteiger partial charge in [-0.15, -0.1) is 0 Å². The van der Waals surface area contributed by atoms with E-state index in [9.17, 15) is 19.8 Å². The van der Waals surface area contributed by atoms with Crippen LogP contribution in [-0.4, -0.2) is 83.3 Å². The molecule has 1 fully saturated rings. The lowest BCUT2D eigenvalue weighted by Crippen LogP contribution is -2.43. The second-order valence-corrected chi connectivity index (χ2v) is 5.97. The zero-order chi connectivity index (χ0) is 17.0. The minimum Gasteiger partial charge on any atom is -0.478 e. The lowest BCUT2D eigenvalue weighted by atomic mass is 10.1. The summed E-state index contributed by atoms with van der Waals surface area (Å²) >= 11 is 0. The number of amides is 2. The van der Waals surface area contributed by atoms with Crippen LogP contribution in [0.4, 0.5) is 4.79 Å². The molecule has 2 amide bonds. The molecule has 1 heterocycles. The number of aliphatic hydroxyl groups is 1. The van der Waals surface area contributed by atoms with E-state index in [1.165, 1.54) is 4.90 Å². The van der Waals surface area contributed by atoms with E-state index in [0.717, 1.165) is 0 Å². The molecule has 2 rings (SSSR count). The molecule has 0 aromatic heterocycles. The number of hydrogen-bond acceptors (Lipinski definition) is 4. The lowest BCUT2D eigenvalue weighted by molar-refractivity contribution is 0.0693. The fraction of sp³-hybridized carbons (Fsp3) is 0.500. The molecule has 1 aliphatic rings. The highest BCUT2D eigenvalue weighted by Crippen LogP contribution is 2.14. The van der Waals surface area contributed by atoms with E-state index in [2.05, 4.69) is 0 Å². The Morgan fingerprint density at radius 2 is 1.91 bits per heavy atom. The summed E-state index contributed by atoms with van der Waals surface area (Å²) in [5, 5.41) is 19.4. The standard InChI is InChI=1S/C16H23N3O4/c1-17(2)16(23)19-8-7-18(10-13(20)11-19)9-12-5-3-4-6-14(12)15(21)22/h3-6,13,20H,7-11H2,1-2H3,(H,21,22)/t13-/m0/s1. The van der Waals surface area contributed by atoms with Crippen molar-refractivity contribution in [3.05, 3.63) is 35.4 Å². The van der Waals surface area contributed by atoms with Crippen molar-refractivity contribution in [3.63, 3.8) is 0 Å². The lowest BCUT2D eigenvalue weighted by Gasteiger charge is -2.25. The number of benzene rings is 1. The largest absolute Gasteiger partial charge is 0.478 e. The van der Waals surface area contributed by atoms with Gasteiger partial charge in [-0.25, -0.2) is 9.59 Å². The normalized spacial score (nSPS) is 19.3. The molecule has 0 spiro atoms. The number of aromatic carboxylic acids is 1. The number of carboxylic acid groups (broad SMARTS) is 1. The van der Waals surface area contributed by atoms with Crippen LogP contribution < -0.4 is 0 Å². The van der Waals surface area contributed by atoms with Gasteiger partial charge < -0.3 is 20.0 Å². The summed E-state index contributed by atoms with van der Waals surface area (Å²) < 4.78 is 0. The van der Waals surface area contributed by atoms with E-state index in [0.29, 0.717) is 31.7 Å². The van der Waals surface area contributed by atoms with Gasteiger partial charge >= 0.3 is 12.0 Å². The van der Waals surface area contributed by atoms with E-state index in [4.69, 9.17) is 0 Å². The van der Waals surface area contributed by atoms with Crippen LogP contribution in [-0.2, 0) is 6.54 Å². The van der Waals surface area contributed by atoms with Gasteiger partial charge in [0.05, 0.1) is 11.7 Å². The maximum atomic E-state index is 12.0. The van der Waals surface area contributed by atoms with Gasteiger partial charge in [0.1, 0.15) is 0 Å². The highest BCUT2D eigenvalue weighted by atomic mass is 16.4. The molecule has 23 heavy (non-hydrogen) atoms. The quantitative estimate of drug-likeness (QED) is 0.849. The van der Waals surface area contributed by atoms with Crippen molar-refractivity contribution in [2.75, 3.05) is 40.3 Å². The fourth-order valence-corrected chi connectivity index (χ4v) is 2.76. The maximum Gasteiger partial charge on any atom is 0.336 e. The highest BCUT2D eigenvalue weighted by molar-refractivity contribution is 5.89. The van der Waals surface area contributed by atoms with Crippen LogP contribution in [0.15, 0.2) is 24.3 Å². The molecule has 1 saturated heterocycles. The molecular weight excluding hydrogens is 298 g/mol. The van der Waals surface area contributed by atoms with Gasteiger partial charge in [-0.05, 0) is 11.6 Å². The third-order valence-corrected chi connectivity index (χ3v) is 3.88. The van der Waals surface area contributed by atoms with Gasteiger partial charge in [0.2, 0.25) is 0 Å². The third kappa shape index (κ3) is 4.43. The van der Waals surface area contributed by atoms with E-state index in [-0.39, 0.29) is 18.1 Å². The van der Waals surface area contributed by atoms with Gasteiger partial charge in [0, 0.05) is 46.8 Å². The Morgan fingerprint density at radius 3 is 2.57 bits per heavy atom. The maximum absolute atomic E-state index is 12.0. The summed E-state index contributed by atoms with van der Waals surface area (Å²) in [7, 11) is 3.36. The Kier molecular flexibility index (Phi) is 5.57. The zero-order valence-corrected chi connectivity index (χ0v) is 13.5. The number of β-amino-alcohol motifs (C(OH)–C–C–N with tert-alkyl or cyclic N) is 1. The molecule has 0 aliphatic carbocycles. The number of carbonyl (C=O) groups is 2. The van der Waals surface area contributed by atoms with Crippen molar-refractivity contribution in [3.8, 4) is 0 Å². The molecule has 0 saturated carbocycles. The summed E-state index contributed by atoms with van der Waals surface area (Å²) in [5.74, 6) is -0.958. The van der Waals surface area contributed by atoms with Crippen LogP contribution in [0.3, 0.4) is 0 Å². The summed E-state index contributed by atoms with van der Waals surface area (Å²) in [4.78, 5) is 28.4. The smallest absolute Gasteiger partial charge is 0.336 e. The number of hydrogen-bond donors (Lipinski definition) is 2. The molecule has 0 unspecified atom stereocenters. The van der Waals surface area contributed by atoms with Crippen molar-refractivity contribution in [1.82, 2.24) is 14.7 Å². The van der Waals surface area contributed by atoms with E-state index in [1.807, 2.05) is 4.90 Å². The van der Waals surface area contributed by atoms with E-state index >= 15 is 0 Å². The number of urea groups is 1. The SMILES string of the molecule is CN(C)C(=O)N1CCN(Cc2ccccc2C(=O)O)C[C@H](O)C1. The van der Waals surface area contributed by atoms with Crippen molar-refractivity contribution in [2.24, 2.45) is 0 Å². The minimum atomic E-state index is -0.958. The molecule has 1 atom stereocenters. The Morgan fingerprint density at radius 1 is 1.22 bits per heavy atom. The average molecular weight is 321 g/mol. The van der Waals surface area contributed by atoms with Crippen LogP contribution in [0.25, 0.3) is 0 Å². The van der Waals surface area contributed by atoms with E-state index < -0.39 is 12.1 Å². The fourth-order valence-electron chi connectivity index (χ4n) is 2.76. The second-order valence-electron chi connectivity index (χ2n) is 5.97. The Hall–Kier alpha value is -2.12. The monoisotopic (exact) mass is 321 g/mol. The predicted molar refractivity (Wildman–Crippen MR) is 85.3 cm³/mol. The third-order valence-electron chi connectivity index (χ3n) is 3.88. The van der Waals surface area contributed by atoms with Crippen LogP contribution in [0.2, 0.25) is 0 Å². The first kappa shape index (κ1) is 17.2. The molecule has 126 valence electrons. The first-order valence-corrected chi connectivity index (χ1v) is 7.56. The number of rotatable bonds is 3. The first-order chi connectivity index (χ1) is 10.9. The predicted octanol–water partition coefficient (Wildman–Crippen LogP) is 0.545. The molecule has 7 nitrogen and oxygen atoms in total. The molecule has 1 aromatic carbocycles.